The number of nitrogens with zero attached hydrogens (tertiary/aromatic N) is 2. The summed E-state index contributed by atoms with van der Waals surface area (Å²) in [6.45, 7) is 6.25. The second kappa shape index (κ2) is 6.88. The van der Waals surface area contributed by atoms with Crippen molar-refractivity contribution in [2.45, 2.75) is 25.8 Å². The molecule has 4 nitrogen and oxygen atoms in total. The monoisotopic (exact) mass is 321 g/mol. The summed E-state index contributed by atoms with van der Waals surface area (Å²) in [6, 6.07) is 8.28. The van der Waals surface area contributed by atoms with Crippen molar-refractivity contribution in [1.82, 2.24) is 10.2 Å². The SMILES string of the molecule is C[C@@H](NC(=O)CN1CCN(c2ccccc2Cl)CC1)C1CC1. The third-order valence-corrected chi connectivity index (χ3v) is 4.97. The maximum absolute atomic E-state index is 12.1. The minimum absolute atomic E-state index is 0.158. The number of para-hydroxylation sites is 1. The van der Waals surface area contributed by atoms with E-state index in [-0.39, 0.29) is 5.91 Å². The zero-order valence-corrected chi connectivity index (χ0v) is 13.9. The molecule has 2 aliphatic rings. The summed E-state index contributed by atoms with van der Waals surface area (Å²) in [5.41, 5.74) is 1.09. The fourth-order valence-corrected chi connectivity index (χ4v) is 3.33. The molecule has 5 heteroatoms. The van der Waals surface area contributed by atoms with Crippen LogP contribution in [-0.4, -0.2) is 49.6 Å². The highest BCUT2D eigenvalue weighted by atomic mass is 35.5. The van der Waals surface area contributed by atoms with E-state index in [9.17, 15) is 4.79 Å². The first-order chi connectivity index (χ1) is 10.6. The van der Waals surface area contributed by atoms with Crippen LogP contribution in [0.15, 0.2) is 24.3 Å². The van der Waals surface area contributed by atoms with E-state index in [1.807, 2.05) is 18.2 Å². The molecule has 1 aromatic carbocycles. The lowest BCUT2D eigenvalue weighted by atomic mass is 10.2. The van der Waals surface area contributed by atoms with E-state index in [4.69, 9.17) is 11.6 Å². The number of hydrogen-bond donors (Lipinski definition) is 1. The Bertz CT molecular complexity index is 524. The lowest BCUT2D eigenvalue weighted by Gasteiger charge is -2.36. The van der Waals surface area contributed by atoms with Gasteiger partial charge in [-0.15, -0.1) is 0 Å². The highest BCUT2D eigenvalue weighted by Gasteiger charge is 2.29. The average Bonchev–Trinajstić information content (AvgIpc) is 3.33. The van der Waals surface area contributed by atoms with E-state index in [1.165, 1.54) is 12.8 Å². The highest BCUT2D eigenvalue weighted by Crippen LogP contribution is 2.32. The summed E-state index contributed by atoms with van der Waals surface area (Å²) < 4.78 is 0. The van der Waals surface area contributed by atoms with Gasteiger partial charge in [0.2, 0.25) is 5.91 Å². The zero-order chi connectivity index (χ0) is 15.5. The van der Waals surface area contributed by atoms with Gasteiger partial charge in [0.25, 0.3) is 0 Å². The highest BCUT2D eigenvalue weighted by molar-refractivity contribution is 6.33. The normalized spacial score (nSPS) is 20.7. The standard InChI is InChI=1S/C17H24ClN3O/c1-13(14-6-7-14)19-17(22)12-20-8-10-21(11-9-20)16-5-3-2-4-15(16)18/h2-5,13-14H,6-12H2,1H3,(H,19,22)/t13-/m1/s1. The molecule has 1 N–H and O–H groups in total. The largest absolute Gasteiger partial charge is 0.368 e. The molecule has 22 heavy (non-hydrogen) atoms. The fourth-order valence-electron chi connectivity index (χ4n) is 3.07. The van der Waals surface area contributed by atoms with Crippen LogP contribution in [-0.2, 0) is 4.79 Å². The molecule has 1 atom stereocenters. The summed E-state index contributed by atoms with van der Waals surface area (Å²) in [5, 5.41) is 3.92. The van der Waals surface area contributed by atoms with Gasteiger partial charge >= 0.3 is 0 Å². The topological polar surface area (TPSA) is 35.6 Å². The van der Waals surface area contributed by atoms with Gasteiger partial charge in [-0.25, -0.2) is 0 Å². The van der Waals surface area contributed by atoms with Gasteiger partial charge < -0.3 is 10.2 Å². The molecule has 0 aromatic heterocycles. The second-order valence-corrected chi connectivity index (χ2v) is 6.82. The minimum Gasteiger partial charge on any atom is -0.368 e. The molecular formula is C17H24ClN3O. The van der Waals surface area contributed by atoms with Crippen LogP contribution < -0.4 is 10.2 Å². The number of benzene rings is 1. The van der Waals surface area contributed by atoms with E-state index < -0.39 is 0 Å². The van der Waals surface area contributed by atoms with Gasteiger partial charge in [0.15, 0.2) is 0 Å². The summed E-state index contributed by atoms with van der Waals surface area (Å²) >= 11 is 6.25. The van der Waals surface area contributed by atoms with E-state index in [2.05, 4.69) is 28.1 Å². The van der Waals surface area contributed by atoms with Crippen molar-refractivity contribution in [3.8, 4) is 0 Å². The Balaban J connectivity index is 1.45. The number of hydrogen-bond acceptors (Lipinski definition) is 3. The number of piperazine rings is 1. The quantitative estimate of drug-likeness (QED) is 0.904. The molecule has 3 rings (SSSR count). The first-order valence-electron chi connectivity index (χ1n) is 8.14. The molecule has 0 spiro atoms. The summed E-state index contributed by atoms with van der Waals surface area (Å²) in [5.74, 6) is 0.867. The van der Waals surface area contributed by atoms with Gasteiger partial charge in [-0.1, -0.05) is 23.7 Å². The van der Waals surface area contributed by atoms with Crippen molar-refractivity contribution >= 4 is 23.2 Å². The number of anilines is 1. The van der Waals surface area contributed by atoms with Crippen LogP contribution in [0.25, 0.3) is 0 Å². The number of carbonyl (C=O) groups is 1. The van der Waals surface area contributed by atoms with Gasteiger partial charge in [0.05, 0.1) is 17.3 Å². The summed E-state index contributed by atoms with van der Waals surface area (Å²) in [7, 11) is 0. The van der Waals surface area contributed by atoms with Crippen molar-refractivity contribution < 1.29 is 4.79 Å². The zero-order valence-electron chi connectivity index (χ0n) is 13.1. The fraction of sp³-hybridized carbons (Fsp3) is 0.588. The molecule has 0 radical (unpaired) electrons. The minimum atomic E-state index is 0.158. The van der Waals surface area contributed by atoms with Crippen LogP contribution in [0.4, 0.5) is 5.69 Å². The molecule has 1 saturated carbocycles. The molecule has 1 heterocycles. The van der Waals surface area contributed by atoms with Crippen LogP contribution in [0.2, 0.25) is 5.02 Å². The van der Waals surface area contributed by atoms with Gasteiger partial charge in [0.1, 0.15) is 0 Å². The van der Waals surface area contributed by atoms with Crippen molar-refractivity contribution in [3.05, 3.63) is 29.3 Å². The Morgan fingerprint density at radius 2 is 1.95 bits per heavy atom. The molecule has 0 unspecified atom stereocenters. The summed E-state index contributed by atoms with van der Waals surface area (Å²) in [6.07, 6.45) is 2.52. The molecule has 1 aromatic rings. The maximum Gasteiger partial charge on any atom is 0.234 e. The van der Waals surface area contributed by atoms with Crippen LogP contribution in [0.3, 0.4) is 0 Å². The molecule has 1 aliphatic carbocycles. The van der Waals surface area contributed by atoms with Crippen LogP contribution >= 0.6 is 11.6 Å². The van der Waals surface area contributed by atoms with E-state index in [1.54, 1.807) is 0 Å². The molecule has 1 aliphatic heterocycles. The van der Waals surface area contributed by atoms with Crippen LogP contribution in [0.1, 0.15) is 19.8 Å². The van der Waals surface area contributed by atoms with Crippen molar-refractivity contribution in [2.75, 3.05) is 37.6 Å². The number of amides is 1. The van der Waals surface area contributed by atoms with Gasteiger partial charge in [-0.05, 0) is 37.8 Å². The lowest BCUT2D eigenvalue weighted by molar-refractivity contribution is -0.123. The number of carbonyl (C=O) groups excluding carboxylic acids is 1. The van der Waals surface area contributed by atoms with Crippen LogP contribution in [0.5, 0.6) is 0 Å². The van der Waals surface area contributed by atoms with Crippen molar-refractivity contribution in [1.29, 1.82) is 0 Å². The lowest BCUT2D eigenvalue weighted by Crippen LogP contribution is -2.50. The number of rotatable bonds is 5. The Morgan fingerprint density at radius 3 is 2.59 bits per heavy atom. The predicted molar refractivity (Wildman–Crippen MR) is 90.4 cm³/mol. The molecule has 1 amide bonds. The number of nitrogens with one attached hydrogen (secondary N) is 1. The molecule has 0 bridgehead atoms. The second-order valence-electron chi connectivity index (χ2n) is 6.41. The summed E-state index contributed by atoms with van der Waals surface area (Å²) in [4.78, 5) is 16.6. The van der Waals surface area contributed by atoms with Crippen molar-refractivity contribution in [3.63, 3.8) is 0 Å². The predicted octanol–water partition coefficient (Wildman–Crippen LogP) is 2.38. The number of halogens is 1. The molecular weight excluding hydrogens is 298 g/mol. The Labute approximate surface area is 137 Å². The first-order valence-corrected chi connectivity index (χ1v) is 8.52. The van der Waals surface area contributed by atoms with E-state index in [0.717, 1.165) is 36.9 Å². The third-order valence-electron chi connectivity index (χ3n) is 4.65. The smallest absolute Gasteiger partial charge is 0.234 e. The maximum atomic E-state index is 12.1. The van der Waals surface area contributed by atoms with Gasteiger partial charge in [-0.3, -0.25) is 9.69 Å². The average molecular weight is 322 g/mol. The van der Waals surface area contributed by atoms with Gasteiger partial charge in [0, 0.05) is 32.2 Å². The van der Waals surface area contributed by atoms with E-state index >= 15 is 0 Å². The molecule has 1 saturated heterocycles. The molecule has 120 valence electrons. The Morgan fingerprint density at radius 1 is 1.27 bits per heavy atom. The first kappa shape index (κ1) is 15.6. The Hall–Kier alpha value is -1.26. The Kier molecular flexibility index (Phi) is 4.89. The third kappa shape index (κ3) is 3.93. The van der Waals surface area contributed by atoms with Crippen molar-refractivity contribution in [2.24, 2.45) is 5.92 Å². The van der Waals surface area contributed by atoms with Crippen LogP contribution in [0, 0.1) is 5.92 Å². The molecule has 2 fully saturated rings. The van der Waals surface area contributed by atoms with E-state index in [0.29, 0.717) is 18.5 Å². The van der Waals surface area contributed by atoms with Gasteiger partial charge in [-0.2, -0.15) is 0 Å².